The Morgan fingerprint density at radius 1 is 1.57 bits per heavy atom. The van der Waals surface area contributed by atoms with Gasteiger partial charge in [0.25, 0.3) is 5.22 Å². The molecule has 0 fully saturated rings. The van der Waals surface area contributed by atoms with Gasteiger partial charge in [-0.1, -0.05) is 11.8 Å². The third-order valence-electron chi connectivity index (χ3n) is 1.77. The number of carbonyl (C=O) groups is 1. The minimum atomic E-state index is -0.211. The van der Waals surface area contributed by atoms with Crippen molar-refractivity contribution < 1.29 is 13.9 Å². The van der Waals surface area contributed by atoms with Gasteiger partial charge in [-0.3, -0.25) is 4.79 Å². The lowest BCUT2D eigenvalue weighted by Crippen LogP contribution is -2.00. The average molecular weight is 215 g/mol. The largest absolute Gasteiger partial charge is 0.469 e. The summed E-state index contributed by atoms with van der Waals surface area (Å²) in [6.45, 7) is 3.76. The van der Waals surface area contributed by atoms with E-state index >= 15 is 0 Å². The number of aromatic nitrogens is 1. The summed E-state index contributed by atoms with van der Waals surface area (Å²) in [4.78, 5) is 15.0. The molecule has 0 saturated heterocycles. The maximum absolute atomic E-state index is 10.8. The molecule has 0 unspecified atom stereocenters. The Bertz CT molecular complexity index is 302. The van der Waals surface area contributed by atoms with Gasteiger partial charge in [0.1, 0.15) is 5.76 Å². The second-order valence-corrected chi connectivity index (χ2v) is 3.84. The molecule has 0 bridgehead atoms. The molecular weight excluding hydrogens is 202 g/mol. The van der Waals surface area contributed by atoms with E-state index in [2.05, 4.69) is 9.72 Å². The number of ether oxygens (including phenoxy) is 1. The summed E-state index contributed by atoms with van der Waals surface area (Å²) in [6, 6.07) is 0. The van der Waals surface area contributed by atoms with Crippen molar-refractivity contribution in [1.82, 2.24) is 4.98 Å². The first-order valence-electron chi connectivity index (χ1n) is 4.27. The minimum Gasteiger partial charge on any atom is -0.469 e. The molecule has 0 aromatic carbocycles. The van der Waals surface area contributed by atoms with Crippen LogP contribution in [-0.2, 0) is 9.53 Å². The normalized spacial score (nSPS) is 10.2. The Hall–Kier alpha value is -0.970. The van der Waals surface area contributed by atoms with E-state index in [0.29, 0.717) is 17.4 Å². The van der Waals surface area contributed by atoms with E-state index < -0.39 is 0 Å². The lowest BCUT2D eigenvalue weighted by molar-refractivity contribution is -0.140. The Labute approximate surface area is 87.0 Å². The van der Waals surface area contributed by atoms with Crippen molar-refractivity contribution >= 4 is 17.7 Å². The molecule has 0 spiro atoms. The molecule has 0 saturated carbocycles. The van der Waals surface area contributed by atoms with Gasteiger partial charge >= 0.3 is 5.97 Å². The Morgan fingerprint density at radius 2 is 2.29 bits per heavy atom. The summed E-state index contributed by atoms with van der Waals surface area (Å²) in [5, 5.41) is 0.615. The molecule has 0 aliphatic heterocycles. The predicted molar refractivity (Wildman–Crippen MR) is 53.3 cm³/mol. The second-order valence-electron chi connectivity index (χ2n) is 2.80. The Morgan fingerprint density at radius 3 is 2.79 bits per heavy atom. The van der Waals surface area contributed by atoms with Crippen LogP contribution in [0.4, 0.5) is 0 Å². The van der Waals surface area contributed by atoms with Crippen LogP contribution in [-0.4, -0.2) is 23.8 Å². The summed E-state index contributed by atoms with van der Waals surface area (Å²) in [5.41, 5.74) is 0.894. The van der Waals surface area contributed by atoms with Crippen molar-refractivity contribution in [2.75, 3.05) is 12.9 Å². The first kappa shape index (κ1) is 11.1. The van der Waals surface area contributed by atoms with Crippen LogP contribution in [0.15, 0.2) is 9.64 Å². The quantitative estimate of drug-likeness (QED) is 0.567. The minimum absolute atomic E-state index is 0.211. The zero-order chi connectivity index (χ0) is 10.6. The third-order valence-corrected chi connectivity index (χ3v) is 2.60. The van der Waals surface area contributed by atoms with Gasteiger partial charge in [0.05, 0.1) is 19.2 Å². The van der Waals surface area contributed by atoms with Crippen molar-refractivity contribution in [3.8, 4) is 0 Å². The zero-order valence-corrected chi connectivity index (χ0v) is 9.31. The second kappa shape index (κ2) is 5.05. The van der Waals surface area contributed by atoms with Crippen molar-refractivity contribution in [2.24, 2.45) is 0 Å². The lowest BCUT2D eigenvalue weighted by atomic mass is 10.4. The van der Waals surface area contributed by atoms with Crippen molar-refractivity contribution in [1.29, 1.82) is 0 Å². The van der Waals surface area contributed by atoms with Crippen molar-refractivity contribution in [2.45, 2.75) is 25.5 Å². The Kier molecular flexibility index (Phi) is 4.00. The van der Waals surface area contributed by atoms with Crippen LogP contribution < -0.4 is 0 Å². The fourth-order valence-corrected chi connectivity index (χ4v) is 1.66. The standard InChI is InChI=1S/C9H13NO3S/c1-6-7(2)13-9(10-6)14-5-4-8(11)12-3/h4-5H2,1-3H3. The molecule has 1 rings (SSSR count). The van der Waals surface area contributed by atoms with Crippen LogP contribution in [0.25, 0.3) is 0 Å². The zero-order valence-electron chi connectivity index (χ0n) is 8.49. The van der Waals surface area contributed by atoms with E-state index in [4.69, 9.17) is 4.42 Å². The van der Waals surface area contributed by atoms with Crippen LogP contribution >= 0.6 is 11.8 Å². The number of esters is 1. The molecule has 0 atom stereocenters. The molecule has 78 valence electrons. The van der Waals surface area contributed by atoms with Gasteiger partial charge in [-0.2, -0.15) is 0 Å². The van der Waals surface area contributed by atoms with Crippen LogP contribution in [0.1, 0.15) is 17.9 Å². The molecule has 1 heterocycles. The first-order chi connectivity index (χ1) is 6.63. The number of thioether (sulfide) groups is 1. The first-order valence-corrected chi connectivity index (χ1v) is 5.25. The van der Waals surface area contributed by atoms with Gasteiger partial charge in [-0.05, 0) is 13.8 Å². The highest BCUT2D eigenvalue weighted by Crippen LogP contribution is 2.20. The lowest BCUT2D eigenvalue weighted by Gasteiger charge is -1.95. The van der Waals surface area contributed by atoms with E-state index in [0.717, 1.165) is 11.5 Å². The third kappa shape index (κ3) is 3.06. The SMILES string of the molecule is COC(=O)CCSc1nc(C)c(C)o1. The number of oxazole rings is 1. The molecule has 0 radical (unpaired) electrons. The van der Waals surface area contributed by atoms with Crippen LogP contribution in [0, 0.1) is 13.8 Å². The van der Waals surface area contributed by atoms with Gasteiger partial charge in [0, 0.05) is 5.75 Å². The average Bonchev–Trinajstić information content (AvgIpc) is 2.46. The summed E-state index contributed by atoms with van der Waals surface area (Å²) < 4.78 is 9.84. The predicted octanol–water partition coefficient (Wildman–Crippen LogP) is 1.95. The van der Waals surface area contributed by atoms with Gasteiger partial charge in [0.2, 0.25) is 0 Å². The topological polar surface area (TPSA) is 52.3 Å². The highest BCUT2D eigenvalue weighted by atomic mass is 32.2. The number of rotatable bonds is 4. The summed E-state index contributed by atoms with van der Waals surface area (Å²) in [6.07, 6.45) is 0.377. The number of hydrogen-bond acceptors (Lipinski definition) is 5. The number of carbonyl (C=O) groups excluding carboxylic acids is 1. The summed E-state index contributed by atoms with van der Waals surface area (Å²) >= 11 is 1.42. The maximum atomic E-state index is 10.8. The van der Waals surface area contributed by atoms with Crippen LogP contribution in [0.3, 0.4) is 0 Å². The molecule has 1 aromatic rings. The Balaban J connectivity index is 2.35. The highest BCUT2D eigenvalue weighted by Gasteiger charge is 2.07. The van der Waals surface area contributed by atoms with Gasteiger partial charge in [-0.25, -0.2) is 4.98 Å². The van der Waals surface area contributed by atoms with E-state index in [-0.39, 0.29) is 5.97 Å². The molecule has 4 nitrogen and oxygen atoms in total. The number of aryl methyl sites for hydroxylation is 2. The molecule has 0 aliphatic carbocycles. The van der Waals surface area contributed by atoms with Crippen LogP contribution in [0.2, 0.25) is 0 Å². The molecule has 0 aliphatic rings. The maximum Gasteiger partial charge on any atom is 0.306 e. The van der Waals surface area contributed by atoms with Crippen LogP contribution in [0.5, 0.6) is 0 Å². The molecule has 0 N–H and O–H groups in total. The van der Waals surface area contributed by atoms with Crippen molar-refractivity contribution in [3.05, 3.63) is 11.5 Å². The molecule has 0 amide bonds. The van der Waals surface area contributed by atoms with E-state index in [1.807, 2.05) is 13.8 Å². The number of methoxy groups -OCH3 is 1. The molecule has 14 heavy (non-hydrogen) atoms. The number of hydrogen-bond donors (Lipinski definition) is 0. The smallest absolute Gasteiger partial charge is 0.306 e. The molecular formula is C9H13NO3S. The summed E-state index contributed by atoms with van der Waals surface area (Å²) in [7, 11) is 1.38. The van der Waals surface area contributed by atoms with E-state index in [1.54, 1.807) is 0 Å². The van der Waals surface area contributed by atoms with E-state index in [9.17, 15) is 4.79 Å². The highest BCUT2D eigenvalue weighted by molar-refractivity contribution is 7.99. The van der Waals surface area contributed by atoms with Gasteiger partial charge < -0.3 is 9.15 Å². The summed E-state index contributed by atoms with van der Waals surface area (Å²) in [5.74, 6) is 1.24. The van der Waals surface area contributed by atoms with Crippen molar-refractivity contribution in [3.63, 3.8) is 0 Å². The fraction of sp³-hybridized carbons (Fsp3) is 0.556. The van der Waals surface area contributed by atoms with Gasteiger partial charge in [-0.15, -0.1) is 0 Å². The van der Waals surface area contributed by atoms with Gasteiger partial charge in [0.15, 0.2) is 0 Å². The monoisotopic (exact) mass is 215 g/mol. The molecule has 5 heteroatoms. The van der Waals surface area contributed by atoms with E-state index in [1.165, 1.54) is 18.9 Å². The fourth-order valence-electron chi connectivity index (χ4n) is 0.829. The number of nitrogens with zero attached hydrogens (tertiary/aromatic N) is 1. The molecule has 1 aromatic heterocycles.